The largest absolute Gasteiger partial charge is 0.137 e. The monoisotopic (exact) mass is 278 g/mol. The molecule has 0 radical (unpaired) electrons. The van der Waals surface area contributed by atoms with Crippen molar-refractivity contribution < 1.29 is 0 Å². The number of halogens is 1. The van der Waals surface area contributed by atoms with Crippen LogP contribution in [-0.4, -0.2) is 11.1 Å². The molecule has 0 aromatic carbocycles. The third kappa shape index (κ3) is 5.08. The van der Waals surface area contributed by atoms with Crippen LogP contribution in [0.25, 0.3) is 0 Å². The first-order chi connectivity index (χ1) is 6.33. The van der Waals surface area contributed by atoms with E-state index in [1.165, 1.54) is 22.8 Å². The van der Waals surface area contributed by atoms with Gasteiger partial charge < -0.3 is 0 Å². The molecule has 0 fully saturated rings. The van der Waals surface area contributed by atoms with Crippen LogP contribution in [0, 0.1) is 5.92 Å². The lowest BCUT2D eigenvalue weighted by molar-refractivity contribution is 0.555. The van der Waals surface area contributed by atoms with Gasteiger partial charge in [-0.15, -0.1) is 23.1 Å². The Morgan fingerprint density at radius 2 is 2.38 bits per heavy atom. The van der Waals surface area contributed by atoms with Crippen molar-refractivity contribution in [1.82, 2.24) is 0 Å². The van der Waals surface area contributed by atoms with E-state index in [4.69, 9.17) is 0 Å². The molecule has 1 rings (SSSR count). The fourth-order valence-electron chi connectivity index (χ4n) is 1.04. The zero-order valence-electron chi connectivity index (χ0n) is 7.83. The van der Waals surface area contributed by atoms with Crippen molar-refractivity contribution in [2.24, 2.45) is 5.92 Å². The minimum atomic E-state index is 0.854. The van der Waals surface area contributed by atoms with Crippen molar-refractivity contribution >= 4 is 39.0 Å². The highest BCUT2D eigenvalue weighted by Gasteiger charge is 2.01. The molecule has 0 aliphatic rings. The van der Waals surface area contributed by atoms with E-state index in [1.54, 1.807) is 0 Å². The second kappa shape index (κ2) is 6.91. The van der Waals surface area contributed by atoms with Crippen molar-refractivity contribution in [2.75, 3.05) is 11.1 Å². The van der Waals surface area contributed by atoms with Crippen molar-refractivity contribution in [2.45, 2.75) is 24.0 Å². The summed E-state index contributed by atoms with van der Waals surface area (Å²) in [6, 6.07) is 4.32. The van der Waals surface area contributed by atoms with Crippen LogP contribution in [0.1, 0.15) is 19.8 Å². The molecule has 0 spiro atoms. The molecule has 0 N–H and O–H groups in total. The molecule has 0 amide bonds. The molecule has 13 heavy (non-hydrogen) atoms. The van der Waals surface area contributed by atoms with Crippen LogP contribution in [0.5, 0.6) is 0 Å². The maximum Gasteiger partial charge on any atom is 0.0598 e. The Morgan fingerprint density at radius 1 is 1.54 bits per heavy atom. The summed E-state index contributed by atoms with van der Waals surface area (Å²) < 4.78 is 1.45. The number of hydrogen-bond acceptors (Lipinski definition) is 2. The van der Waals surface area contributed by atoms with Crippen molar-refractivity contribution in [3.63, 3.8) is 0 Å². The Bertz CT molecular complexity index is 209. The highest BCUT2D eigenvalue weighted by Crippen LogP contribution is 2.25. The van der Waals surface area contributed by atoms with Gasteiger partial charge in [0.1, 0.15) is 0 Å². The molecule has 74 valence electrons. The summed E-state index contributed by atoms with van der Waals surface area (Å²) in [7, 11) is 0. The first kappa shape index (κ1) is 11.6. The van der Waals surface area contributed by atoms with Gasteiger partial charge in [0.2, 0.25) is 0 Å². The van der Waals surface area contributed by atoms with Gasteiger partial charge in [-0.3, -0.25) is 0 Å². The van der Waals surface area contributed by atoms with Crippen molar-refractivity contribution in [3.8, 4) is 0 Å². The van der Waals surface area contributed by atoms with Crippen molar-refractivity contribution in [1.29, 1.82) is 0 Å². The SMILES string of the molecule is CC(CCBr)CCSc1cccs1. The highest BCUT2D eigenvalue weighted by atomic mass is 79.9. The minimum absolute atomic E-state index is 0.854. The molecule has 0 aliphatic carbocycles. The van der Waals surface area contributed by atoms with Gasteiger partial charge in [0.15, 0.2) is 0 Å². The van der Waals surface area contributed by atoms with Crippen LogP contribution in [0.4, 0.5) is 0 Å². The van der Waals surface area contributed by atoms with Gasteiger partial charge in [-0.1, -0.05) is 28.9 Å². The number of hydrogen-bond donors (Lipinski definition) is 0. The Morgan fingerprint density at radius 3 is 3.00 bits per heavy atom. The van der Waals surface area contributed by atoms with Crippen LogP contribution >= 0.6 is 39.0 Å². The predicted molar refractivity (Wildman–Crippen MR) is 67.2 cm³/mol. The quantitative estimate of drug-likeness (QED) is 0.539. The van der Waals surface area contributed by atoms with E-state index in [0.29, 0.717) is 0 Å². The third-order valence-electron chi connectivity index (χ3n) is 1.95. The number of thioether (sulfide) groups is 1. The summed E-state index contributed by atoms with van der Waals surface area (Å²) in [4.78, 5) is 0. The van der Waals surface area contributed by atoms with E-state index in [2.05, 4.69) is 40.4 Å². The lowest BCUT2D eigenvalue weighted by Gasteiger charge is -2.07. The fourth-order valence-corrected chi connectivity index (χ4v) is 3.85. The third-order valence-corrected chi connectivity index (χ3v) is 4.57. The van der Waals surface area contributed by atoms with Gasteiger partial charge in [-0.2, -0.15) is 0 Å². The van der Waals surface area contributed by atoms with Gasteiger partial charge >= 0.3 is 0 Å². The van der Waals surface area contributed by atoms with E-state index in [-0.39, 0.29) is 0 Å². The second-order valence-electron chi connectivity index (χ2n) is 3.15. The standard InChI is InChI=1S/C10H15BrS2/c1-9(4-6-11)5-8-13-10-3-2-7-12-10/h2-3,7,9H,4-6,8H2,1H3. The molecule has 3 heteroatoms. The van der Waals surface area contributed by atoms with E-state index < -0.39 is 0 Å². The van der Waals surface area contributed by atoms with E-state index in [0.717, 1.165) is 11.2 Å². The minimum Gasteiger partial charge on any atom is -0.137 e. The van der Waals surface area contributed by atoms with Crippen LogP contribution in [0.15, 0.2) is 21.7 Å². The summed E-state index contributed by atoms with van der Waals surface area (Å²) in [5.41, 5.74) is 0. The zero-order chi connectivity index (χ0) is 9.52. The summed E-state index contributed by atoms with van der Waals surface area (Å²) >= 11 is 7.30. The molecule has 0 saturated carbocycles. The number of alkyl halides is 1. The molecule has 0 aliphatic heterocycles. The maximum absolute atomic E-state index is 3.48. The first-order valence-corrected chi connectivity index (χ1v) is 7.54. The zero-order valence-corrected chi connectivity index (χ0v) is 11.1. The van der Waals surface area contributed by atoms with Crippen LogP contribution in [0.3, 0.4) is 0 Å². The lowest BCUT2D eigenvalue weighted by atomic mass is 10.1. The maximum atomic E-state index is 3.48. The van der Waals surface area contributed by atoms with Gasteiger partial charge in [0, 0.05) is 5.33 Å². The molecular formula is C10H15BrS2. The molecule has 0 bridgehead atoms. The van der Waals surface area contributed by atoms with Gasteiger partial charge in [-0.25, -0.2) is 0 Å². The summed E-state index contributed by atoms with van der Waals surface area (Å²) in [6.45, 7) is 2.33. The van der Waals surface area contributed by atoms with Crippen LogP contribution in [-0.2, 0) is 0 Å². The molecule has 1 aromatic rings. The van der Waals surface area contributed by atoms with Gasteiger partial charge in [-0.05, 0) is 36.0 Å². The Labute approximate surface area is 97.3 Å². The van der Waals surface area contributed by atoms with E-state index in [9.17, 15) is 0 Å². The summed E-state index contributed by atoms with van der Waals surface area (Å²) in [5.74, 6) is 2.11. The number of thiophene rings is 1. The van der Waals surface area contributed by atoms with Crippen LogP contribution in [0.2, 0.25) is 0 Å². The molecule has 1 unspecified atom stereocenters. The molecule has 0 saturated heterocycles. The molecular weight excluding hydrogens is 264 g/mol. The Kier molecular flexibility index (Phi) is 6.16. The summed E-state index contributed by atoms with van der Waals surface area (Å²) in [5, 5.41) is 3.28. The topological polar surface area (TPSA) is 0 Å². The average Bonchev–Trinajstić information content (AvgIpc) is 2.57. The second-order valence-corrected chi connectivity index (χ2v) is 6.29. The molecule has 0 nitrogen and oxygen atoms in total. The molecule has 1 atom stereocenters. The Hall–Kier alpha value is 0.530. The summed E-state index contributed by atoms with van der Waals surface area (Å²) in [6.07, 6.45) is 2.62. The first-order valence-electron chi connectivity index (χ1n) is 4.55. The average molecular weight is 279 g/mol. The fraction of sp³-hybridized carbons (Fsp3) is 0.600. The normalized spacial score (nSPS) is 13.1. The predicted octanol–water partition coefficient (Wildman–Crippen LogP) is 4.65. The molecule has 1 heterocycles. The van der Waals surface area contributed by atoms with E-state index >= 15 is 0 Å². The smallest absolute Gasteiger partial charge is 0.0598 e. The van der Waals surface area contributed by atoms with Gasteiger partial charge in [0.05, 0.1) is 4.21 Å². The lowest BCUT2D eigenvalue weighted by Crippen LogP contribution is -1.96. The van der Waals surface area contributed by atoms with Crippen molar-refractivity contribution in [3.05, 3.63) is 17.5 Å². The van der Waals surface area contributed by atoms with Crippen LogP contribution < -0.4 is 0 Å². The molecule has 1 aromatic heterocycles. The Balaban J connectivity index is 2.07. The van der Waals surface area contributed by atoms with Gasteiger partial charge in [0.25, 0.3) is 0 Å². The highest BCUT2D eigenvalue weighted by molar-refractivity contribution is 9.09. The van der Waals surface area contributed by atoms with E-state index in [1.807, 2.05) is 23.1 Å². The number of rotatable bonds is 6.